The number of aliphatic hydroxyl groups is 1. The number of nitrogens with one attached hydrogen (secondary N) is 1. The molecule has 2 fully saturated rings. The summed E-state index contributed by atoms with van der Waals surface area (Å²) in [5.74, 6) is -0.942. The van der Waals surface area contributed by atoms with Crippen LogP contribution in [-0.4, -0.2) is 34.4 Å². The van der Waals surface area contributed by atoms with Crippen molar-refractivity contribution in [3.8, 4) is 0 Å². The van der Waals surface area contributed by atoms with E-state index in [0.717, 1.165) is 38.5 Å². The lowest BCUT2D eigenvalue weighted by Gasteiger charge is -2.38. The van der Waals surface area contributed by atoms with Gasteiger partial charge in [0.05, 0.1) is 12.0 Å². The van der Waals surface area contributed by atoms with Crippen LogP contribution in [0.5, 0.6) is 0 Å². The first-order valence-electron chi connectivity index (χ1n) is 6.35. The minimum atomic E-state index is -0.702. The Labute approximate surface area is 96.0 Å². The second kappa shape index (κ2) is 5.15. The van der Waals surface area contributed by atoms with Gasteiger partial charge in [-0.1, -0.05) is 19.3 Å². The number of rotatable bonds is 3. The SMILES string of the molecule is O=C(O)C1CCC1NC1CCCCCC1O. The molecular formula is C12H21NO3. The van der Waals surface area contributed by atoms with Gasteiger partial charge in [0.25, 0.3) is 0 Å². The molecule has 0 bridgehead atoms. The van der Waals surface area contributed by atoms with Gasteiger partial charge in [0.2, 0.25) is 0 Å². The summed E-state index contributed by atoms with van der Waals surface area (Å²) >= 11 is 0. The topological polar surface area (TPSA) is 69.6 Å². The summed E-state index contributed by atoms with van der Waals surface area (Å²) in [7, 11) is 0. The van der Waals surface area contributed by atoms with E-state index < -0.39 is 5.97 Å². The van der Waals surface area contributed by atoms with E-state index in [2.05, 4.69) is 5.32 Å². The lowest BCUT2D eigenvalue weighted by Crippen LogP contribution is -2.54. The largest absolute Gasteiger partial charge is 0.481 e. The van der Waals surface area contributed by atoms with Crippen LogP contribution < -0.4 is 5.32 Å². The van der Waals surface area contributed by atoms with Crippen LogP contribution in [0.4, 0.5) is 0 Å². The van der Waals surface area contributed by atoms with E-state index in [-0.39, 0.29) is 24.1 Å². The zero-order chi connectivity index (χ0) is 11.5. The van der Waals surface area contributed by atoms with Gasteiger partial charge in [0.15, 0.2) is 0 Å². The standard InChI is InChI=1S/C12H21NO3/c14-11-5-3-1-2-4-10(11)13-9-7-6-8(9)12(15)16/h8-11,13-14H,1-7H2,(H,15,16). The maximum absolute atomic E-state index is 10.9. The summed E-state index contributed by atoms with van der Waals surface area (Å²) in [4.78, 5) is 10.9. The van der Waals surface area contributed by atoms with Gasteiger partial charge in [-0.25, -0.2) is 0 Å². The highest BCUT2D eigenvalue weighted by molar-refractivity contribution is 5.72. The van der Waals surface area contributed by atoms with Crippen LogP contribution in [0.2, 0.25) is 0 Å². The third-order valence-corrected chi connectivity index (χ3v) is 4.00. The van der Waals surface area contributed by atoms with Crippen LogP contribution in [0.3, 0.4) is 0 Å². The first kappa shape index (κ1) is 11.9. The molecule has 4 atom stereocenters. The Morgan fingerprint density at radius 2 is 1.75 bits per heavy atom. The monoisotopic (exact) mass is 227 g/mol. The number of carbonyl (C=O) groups is 1. The maximum atomic E-state index is 10.9. The van der Waals surface area contributed by atoms with Gasteiger partial charge in [-0.15, -0.1) is 0 Å². The van der Waals surface area contributed by atoms with Crippen LogP contribution in [0.25, 0.3) is 0 Å². The number of hydrogen-bond donors (Lipinski definition) is 3. The fraction of sp³-hybridized carbons (Fsp3) is 0.917. The smallest absolute Gasteiger partial charge is 0.308 e. The summed E-state index contributed by atoms with van der Waals surface area (Å²) in [5, 5.41) is 22.2. The van der Waals surface area contributed by atoms with Gasteiger partial charge in [-0.3, -0.25) is 4.79 Å². The van der Waals surface area contributed by atoms with Crippen LogP contribution in [0.1, 0.15) is 44.9 Å². The third kappa shape index (κ3) is 2.55. The molecule has 0 aliphatic heterocycles. The molecule has 0 aromatic rings. The summed E-state index contributed by atoms with van der Waals surface area (Å²) in [6, 6.07) is 0.185. The zero-order valence-electron chi connectivity index (χ0n) is 9.56. The Balaban J connectivity index is 1.85. The zero-order valence-corrected chi connectivity index (χ0v) is 9.56. The molecule has 92 valence electrons. The Morgan fingerprint density at radius 1 is 1.00 bits per heavy atom. The van der Waals surface area contributed by atoms with Gasteiger partial charge in [0.1, 0.15) is 0 Å². The number of aliphatic hydroxyl groups excluding tert-OH is 1. The van der Waals surface area contributed by atoms with Crippen molar-refractivity contribution in [1.82, 2.24) is 5.32 Å². The normalized spacial score (nSPS) is 39.8. The Bertz CT molecular complexity index is 257. The Kier molecular flexibility index (Phi) is 3.82. The Hall–Kier alpha value is -0.610. The molecule has 4 nitrogen and oxygen atoms in total. The van der Waals surface area contributed by atoms with Crippen molar-refractivity contribution >= 4 is 5.97 Å². The molecule has 0 amide bonds. The molecule has 2 aliphatic carbocycles. The van der Waals surface area contributed by atoms with Gasteiger partial charge < -0.3 is 15.5 Å². The van der Waals surface area contributed by atoms with Crippen molar-refractivity contribution in [2.75, 3.05) is 0 Å². The van der Waals surface area contributed by atoms with E-state index in [4.69, 9.17) is 5.11 Å². The second-order valence-electron chi connectivity index (χ2n) is 5.11. The number of hydrogen-bond acceptors (Lipinski definition) is 3. The van der Waals surface area contributed by atoms with Crippen LogP contribution in [0.15, 0.2) is 0 Å². The number of carboxylic acid groups (broad SMARTS) is 1. The summed E-state index contributed by atoms with van der Waals surface area (Å²) < 4.78 is 0. The fourth-order valence-corrected chi connectivity index (χ4v) is 2.75. The average molecular weight is 227 g/mol. The van der Waals surface area contributed by atoms with E-state index in [9.17, 15) is 9.90 Å². The lowest BCUT2D eigenvalue weighted by atomic mass is 9.79. The number of carboxylic acids is 1. The molecule has 16 heavy (non-hydrogen) atoms. The van der Waals surface area contributed by atoms with Crippen LogP contribution in [0, 0.1) is 5.92 Å². The summed E-state index contributed by atoms with van der Waals surface area (Å²) in [6.07, 6.45) is 6.65. The molecule has 2 rings (SSSR count). The van der Waals surface area contributed by atoms with Crippen molar-refractivity contribution in [3.05, 3.63) is 0 Å². The molecular weight excluding hydrogens is 206 g/mol. The van der Waals surface area contributed by atoms with Crippen molar-refractivity contribution in [2.45, 2.75) is 63.1 Å². The second-order valence-corrected chi connectivity index (χ2v) is 5.11. The minimum Gasteiger partial charge on any atom is -0.481 e. The van der Waals surface area contributed by atoms with Crippen molar-refractivity contribution in [3.63, 3.8) is 0 Å². The molecule has 0 saturated heterocycles. The molecule has 2 aliphatic rings. The average Bonchev–Trinajstić information content (AvgIpc) is 2.37. The van der Waals surface area contributed by atoms with Gasteiger partial charge in [-0.2, -0.15) is 0 Å². The Morgan fingerprint density at radius 3 is 2.38 bits per heavy atom. The first-order valence-corrected chi connectivity index (χ1v) is 6.35. The van der Waals surface area contributed by atoms with Crippen LogP contribution in [-0.2, 0) is 4.79 Å². The molecule has 3 N–H and O–H groups in total. The molecule has 0 aromatic heterocycles. The molecule has 4 heteroatoms. The lowest BCUT2D eigenvalue weighted by molar-refractivity contribution is -0.146. The first-order chi connectivity index (χ1) is 7.68. The highest BCUT2D eigenvalue weighted by atomic mass is 16.4. The highest BCUT2D eigenvalue weighted by Crippen LogP contribution is 2.29. The van der Waals surface area contributed by atoms with Gasteiger partial charge in [0, 0.05) is 12.1 Å². The van der Waals surface area contributed by atoms with Gasteiger partial charge in [-0.05, 0) is 25.7 Å². The van der Waals surface area contributed by atoms with Crippen LogP contribution >= 0.6 is 0 Å². The van der Waals surface area contributed by atoms with E-state index in [1.807, 2.05) is 0 Å². The quantitative estimate of drug-likeness (QED) is 0.632. The van der Waals surface area contributed by atoms with E-state index in [1.54, 1.807) is 0 Å². The van der Waals surface area contributed by atoms with Crippen molar-refractivity contribution in [1.29, 1.82) is 0 Å². The maximum Gasteiger partial charge on any atom is 0.308 e. The summed E-state index contributed by atoms with van der Waals surface area (Å²) in [5.41, 5.74) is 0. The predicted octanol–water partition coefficient (Wildman–Crippen LogP) is 1.13. The third-order valence-electron chi connectivity index (χ3n) is 4.00. The van der Waals surface area contributed by atoms with Gasteiger partial charge >= 0.3 is 5.97 Å². The molecule has 2 saturated carbocycles. The molecule has 4 unspecified atom stereocenters. The van der Waals surface area contributed by atoms with E-state index >= 15 is 0 Å². The molecule has 0 heterocycles. The van der Waals surface area contributed by atoms with Crippen molar-refractivity contribution in [2.24, 2.45) is 5.92 Å². The molecule has 0 radical (unpaired) electrons. The minimum absolute atomic E-state index is 0.0789. The molecule has 0 spiro atoms. The molecule has 0 aromatic carbocycles. The predicted molar refractivity (Wildman–Crippen MR) is 60.2 cm³/mol. The van der Waals surface area contributed by atoms with E-state index in [0.29, 0.717) is 0 Å². The van der Waals surface area contributed by atoms with E-state index in [1.165, 1.54) is 6.42 Å². The number of aliphatic carboxylic acids is 1. The highest BCUT2D eigenvalue weighted by Gasteiger charge is 2.38. The summed E-state index contributed by atoms with van der Waals surface area (Å²) in [6.45, 7) is 0. The van der Waals surface area contributed by atoms with Crippen molar-refractivity contribution < 1.29 is 15.0 Å². The fourth-order valence-electron chi connectivity index (χ4n) is 2.75.